The average molecular weight is 255 g/mol. The molecule has 0 unspecified atom stereocenters. The quantitative estimate of drug-likeness (QED) is 0.743. The molecule has 3 rings (SSSR count). The first-order chi connectivity index (χ1) is 7.66. The van der Waals surface area contributed by atoms with Gasteiger partial charge in [-0.15, -0.1) is 11.3 Å². The Kier molecular flexibility index (Phi) is 2.26. The SMILES string of the molecule is O=C(Cl)[C@@H]1C[C@H]1c1csc2cc(F)ccc12. The van der Waals surface area contributed by atoms with E-state index in [0.717, 1.165) is 22.1 Å². The number of carbonyl (C=O) groups excluding carboxylic acids is 1. The van der Waals surface area contributed by atoms with E-state index in [1.807, 2.05) is 5.38 Å². The van der Waals surface area contributed by atoms with E-state index in [-0.39, 0.29) is 22.9 Å². The van der Waals surface area contributed by atoms with Crippen molar-refractivity contribution in [3.8, 4) is 0 Å². The smallest absolute Gasteiger partial charge is 0.225 e. The van der Waals surface area contributed by atoms with Crippen molar-refractivity contribution in [3.63, 3.8) is 0 Å². The van der Waals surface area contributed by atoms with Crippen LogP contribution in [0.4, 0.5) is 4.39 Å². The monoisotopic (exact) mass is 254 g/mol. The van der Waals surface area contributed by atoms with Crippen molar-refractivity contribution in [1.82, 2.24) is 0 Å². The fourth-order valence-corrected chi connectivity index (χ4v) is 3.39. The number of thiophene rings is 1. The maximum Gasteiger partial charge on any atom is 0.225 e. The molecular formula is C12H8ClFOS. The van der Waals surface area contributed by atoms with Crippen molar-refractivity contribution in [2.24, 2.45) is 5.92 Å². The molecule has 4 heteroatoms. The Morgan fingerprint density at radius 3 is 3.00 bits per heavy atom. The van der Waals surface area contributed by atoms with Crippen LogP contribution in [0.25, 0.3) is 10.1 Å². The zero-order chi connectivity index (χ0) is 11.3. The minimum absolute atomic E-state index is 0.0375. The molecule has 0 bridgehead atoms. The van der Waals surface area contributed by atoms with Gasteiger partial charge in [0.25, 0.3) is 0 Å². The van der Waals surface area contributed by atoms with Crippen molar-refractivity contribution >= 4 is 38.3 Å². The van der Waals surface area contributed by atoms with E-state index in [1.165, 1.54) is 23.5 Å². The van der Waals surface area contributed by atoms with Crippen LogP contribution in [0, 0.1) is 11.7 Å². The second-order valence-electron chi connectivity index (χ2n) is 4.08. The molecular weight excluding hydrogens is 247 g/mol. The summed E-state index contributed by atoms with van der Waals surface area (Å²) in [6, 6.07) is 4.77. The molecule has 1 aromatic heterocycles. The van der Waals surface area contributed by atoms with E-state index in [2.05, 4.69) is 0 Å². The summed E-state index contributed by atoms with van der Waals surface area (Å²) in [4.78, 5) is 11.0. The van der Waals surface area contributed by atoms with E-state index in [9.17, 15) is 9.18 Å². The van der Waals surface area contributed by atoms with E-state index in [1.54, 1.807) is 6.07 Å². The highest BCUT2D eigenvalue weighted by molar-refractivity contribution is 7.17. The first kappa shape index (κ1) is 10.2. The molecule has 0 radical (unpaired) electrons. The fourth-order valence-electron chi connectivity index (χ4n) is 2.10. The van der Waals surface area contributed by atoms with Crippen LogP contribution in [0.3, 0.4) is 0 Å². The second kappa shape index (κ2) is 3.54. The van der Waals surface area contributed by atoms with Crippen LogP contribution in [-0.2, 0) is 4.79 Å². The van der Waals surface area contributed by atoms with Crippen LogP contribution in [0.2, 0.25) is 0 Å². The summed E-state index contributed by atoms with van der Waals surface area (Å²) in [5.41, 5.74) is 1.14. The molecule has 1 aliphatic carbocycles. The van der Waals surface area contributed by atoms with Crippen molar-refractivity contribution < 1.29 is 9.18 Å². The zero-order valence-electron chi connectivity index (χ0n) is 8.24. The van der Waals surface area contributed by atoms with Crippen LogP contribution in [-0.4, -0.2) is 5.24 Å². The van der Waals surface area contributed by atoms with Gasteiger partial charge in [0.1, 0.15) is 5.82 Å². The Morgan fingerprint density at radius 1 is 1.50 bits per heavy atom. The van der Waals surface area contributed by atoms with Gasteiger partial charge in [0.2, 0.25) is 5.24 Å². The summed E-state index contributed by atoms with van der Waals surface area (Å²) in [7, 11) is 0. The van der Waals surface area contributed by atoms with Gasteiger partial charge in [0.15, 0.2) is 0 Å². The lowest BCUT2D eigenvalue weighted by atomic mass is 10.1. The lowest BCUT2D eigenvalue weighted by Crippen LogP contribution is -1.90. The molecule has 82 valence electrons. The second-order valence-corrected chi connectivity index (χ2v) is 5.37. The van der Waals surface area contributed by atoms with Gasteiger partial charge < -0.3 is 0 Å². The normalized spacial score (nSPS) is 23.6. The topological polar surface area (TPSA) is 17.1 Å². The summed E-state index contributed by atoms with van der Waals surface area (Å²) in [5.74, 6) is -0.0182. The molecule has 0 amide bonds. The summed E-state index contributed by atoms with van der Waals surface area (Å²) in [6.07, 6.45) is 0.825. The van der Waals surface area contributed by atoms with Gasteiger partial charge in [-0.25, -0.2) is 4.39 Å². The molecule has 1 nitrogen and oxygen atoms in total. The lowest BCUT2D eigenvalue weighted by Gasteiger charge is -1.96. The Morgan fingerprint density at radius 2 is 2.31 bits per heavy atom. The van der Waals surface area contributed by atoms with Gasteiger partial charge in [-0.05, 0) is 52.4 Å². The van der Waals surface area contributed by atoms with Gasteiger partial charge in [-0.1, -0.05) is 6.07 Å². The van der Waals surface area contributed by atoms with Gasteiger partial charge in [-0.3, -0.25) is 4.79 Å². The van der Waals surface area contributed by atoms with Crippen LogP contribution in [0.1, 0.15) is 17.9 Å². The molecule has 2 atom stereocenters. The molecule has 1 heterocycles. The van der Waals surface area contributed by atoms with Crippen molar-refractivity contribution in [1.29, 1.82) is 0 Å². The third kappa shape index (κ3) is 1.55. The third-order valence-corrected chi connectivity index (χ3v) is 4.29. The molecule has 0 N–H and O–H groups in total. The highest BCUT2D eigenvalue weighted by Gasteiger charge is 2.44. The highest BCUT2D eigenvalue weighted by atomic mass is 35.5. The predicted octanol–water partition coefficient (Wildman–Crippen LogP) is 3.91. The zero-order valence-corrected chi connectivity index (χ0v) is 9.82. The van der Waals surface area contributed by atoms with Crippen LogP contribution in [0.5, 0.6) is 0 Å². The summed E-state index contributed by atoms with van der Waals surface area (Å²) >= 11 is 6.98. The molecule has 16 heavy (non-hydrogen) atoms. The van der Waals surface area contributed by atoms with Gasteiger partial charge in [0.05, 0.1) is 0 Å². The first-order valence-electron chi connectivity index (χ1n) is 5.03. The van der Waals surface area contributed by atoms with Gasteiger partial charge >= 0.3 is 0 Å². The average Bonchev–Trinajstić information content (AvgIpc) is 2.93. The van der Waals surface area contributed by atoms with E-state index >= 15 is 0 Å². The maximum atomic E-state index is 13.0. The number of rotatable bonds is 2. The molecule has 0 aliphatic heterocycles. The van der Waals surface area contributed by atoms with Gasteiger partial charge in [-0.2, -0.15) is 0 Å². The summed E-state index contributed by atoms with van der Waals surface area (Å²) < 4.78 is 13.9. The molecule has 0 saturated heterocycles. The van der Waals surface area contributed by atoms with Crippen molar-refractivity contribution in [3.05, 3.63) is 35.0 Å². The van der Waals surface area contributed by atoms with Crippen LogP contribution < -0.4 is 0 Å². The number of hydrogen-bond donors (Lipinski definition) is 0. The van der Waals surface area contributed by atoms with Crippen molar-refractivity contribution in [2.75, 3.05) is 0 Å². The number of halogens is 2. The standard InChI is InChI=1S/C12H8ClFOS/c13-12(15)9-4-8(9)10-5-16-11-3-6(14)1-2-7(10)11/h1-3,5,8-9H,4H2/t8-,9-/m1/s1. The minimum atomic E-state index is -0.258. The van der Waals surface area contributed by atoms with E-state index < -0.39 is 0 Å². The Labute approximate surface area is 101 Å². The minimum Gasteiger partial charge on any atom is -0.281 e. The molecule has 0 spiro atoms. The largest absolute Gasteiger partial charge is 0.281 e. The summed E-state index contributed by atoms with van der Waals surface area (Å²) in [6.45, 7) is 0. The van der Waals surface area contributed by atoms with Crippen LogP contribution >= 0.6 is 22.9 Å². The van der Waals surface area contributed by atoms with E-state index in [0.29, 0.717) is 0 Å². The third-order valence-electron chi connectivity index (χ3n) is 3.05. The number of carbonyl (C=O) groups is 1. The maximum absolute atomic E-state index is 13.0. The van der Waals surface area contributed by atoms with Gasteiger partial charge in [0, 0.05) is 10.6 Å². The Hall–Kier alpha value is -0.930. The molecule has 2 aromatic rings. The van der Waals surface area contributed by atoms with Crippen molar-refractivity contribution in [2.45, 2.75) is 12.3 Å². The molecule has 1 aliphatic rings. The number of fused-ring (bicyclic) bond motifs is 1. The molecule has 1 fully saturated rings. The molecule has 1 saturated carbocycles. The summed E-state index contributed by atoms with van der Waals surface area (Å²) in [5, 5.41) is 2.80. The molecule has 1 aromatic carbocycles. The number of hydrogen-bond acceptors (Lipinski definition) is 2. The van der Waals surface area contributed by atoms with Crippen LogP contribution in [0.15, 0.2) is 23.6 Å². The predicted molar refractivity (Wildman–Crippen MR) is 63.5 cm³/mol. The lowest BCUT2D eigenvalue weighted by molar-refractivity contribution is -0.112. The Bertz CT molecular complexity index is 577. The fraction of sp³-hybridized carbons (Fsp3) is 0.250. The Balaban J connectivity index is 2.03. The first-order valence-corrected chi connectivity index (χ1v) is 6.28. The van der Waals surface area contributed by atoms with E-state index in [4.69, 9.17) is 11.6 Å². The number of benzene rings is 1. The highest BCUT2D eigenvalue weighted by Crippen LogP contribution is 2.51.